The lowest BCUT2D eigenvalue weighted by Crippen LogP contribution is -2.54. The summed E-state index contributed by atoms with van der Waals surface area (Å²) in [7, 11) is -4.21. The Labute approximate surface area is 259 Å². The van der Waals surface area contributed by atoms with Crippen LogP contribution in [-0.2, 0) is 32.6 Å². The predicted octanol–water partition coefficient (Wildman–Crippen LogP) is 5.80. The van der Waals surface area contributed by atoms with E-state index >= 15 is 0 Å². The summed E-state index contributed by atoms with van der Waals surface area (Å²) >= 11 is 0. The molecule has 1 atom stereocenters. The Bertz CT molecular complexity index is 1690. The first-order valence-electron chi connectivity index (χ1n) is 14.5. The summed E-state index contributed by atoms with van der Waals surface area (Å²) < 4.78 is 44.2. The van der Waals surface area contributed by atoms with Crippen LogP contribution in [0.1, 0.15) is 36.1 Å². The van der Waals surface area contributed by atoms with Gasteiger partial charge in [0, 0.05) is 24.6 Å². The Kier molecular flexibility index (Phi) is 10.5. The number of hydrogen-bond donors (Lipinski definition) is 1. The van der Waals surface area contributed by atoms with Crippen LogP contribution in [0.25, 0.3) is 0 Å². The normalized spacial score (nSPS) is 12.0. The van der Waals surface area contributed by atoms with Crippen LogP contribution >= 0.6 is 0 Å². The number of nitrogens with zero attached hydrogens (tertiary/aromatic N) is 2. The van der Waals surface area contributed by atoms with Gasteiger partial charge >= 0.3 is 0 Å². The number of sulfonamides is 1. The van der Waals surface area contributed by atoms with Crippen molar-refractivity contribution in [2.75, 3.05) is 10.8 Å². The average molecular weight is 616 g/mol. The number of rotatable bonds is 12. The number of anilines is 1. The highest BCUT2D eigenvalue weighted by Crippen LogP contribution is 2.26. The van der Waals surface area contributed by atoms with E-state index in [1.54, 1.807) is 48.5 Å². The Morgan fingerprint density at radius 3 is 2.11 bits per heavy atom. The van der Waals surface area contributed by atoms with Gasteiger partial charge in [-0.2, -0.15) is 0 Å². The molecule has 4 rings (SSSR count). The van der Waals surface area contributed by atoms with Gasteiger partial charge in [0.25, 0.3) is 10.0 Å². The molecule has 1 N–H and O–H groups in total. The van der Waals surface area contributed by atoms with Gasteiger partial charge in [0.05, 0.1) is 10.6 Å². The molecule has 44 heavy (non-hydrogen) atoms. The van der Waals surface area contributed by atoms with Crippen molar-refractivity contribution in [2.24, 2.45) is 0 Å². The van der Waals surface area contributed by atoms with Crippen LogP contribution in [0.2, 0.25) is 0 Å². The minimum Gasteiger partial charge on any atom is -0.352 e. The number of halogens is 1. The molecule has 0 heterocycles. The number of amides is 2. The Hall–Kier alpha value is -4.50. The zero-order chi connectivity index (χ0) is 31.9. The van der Waals surface area contributed by atoms with E-state index in [2.05, 4.69) is 5.32 Å². The van der Waals surface area contributed by atoms with Crippen molar-refractivity contribution in [3.05, 3.63) is 131 Å². The molecular weight excluding hydrogens is 577 g/mol. The van der Waals surface area contributed by atoms with Crippen molar-refractivity contribution in [3.8, 4) is 0 Å². The van der Waals surface area contributed by atoms with Crippen LogP contribution in [0.5, 0.6) is 0 Å². The number of aryl methyl sites for hydroxylation is 2. The van der Waals surface area contributed by atoms with Crippen LogP contribution < -0.4 is 9.62 Å². The number of carbonyl (C=O) groups is 2. The van der Waals surface area contributed by atoms with Gasteiger partial charge in [-0.1, -0.05) is 78.4 Å². The summed E-state index contributed by atoms with van der Waals surface area (Å²) in [6.07, 6.45) is 0.148. The molecule has 9 heteroatoms. The third-order valence-electron chi connectivity index (χ3n) is 7.18. The molecule has 7 nitrogen and oxygen atoms in total. The molecule has 0 spiro atoms. The predicted molar refractivity (Wildman–Crippen MR) is 171 cm³/mol. The number of benzene rings is 4. The lowest BCUT2D eigenvalue weighted by molar-refractivity contribution is -0.140. The zero-order valence-electron chi connectivity index (χ0n) is 25.4. The van der Waals surface area contributed by atoms with Crippen LogP contribution in [0.4, 0.5) is 10.1 Å². The van der Waals surface area contributed by atoms with Gasteiger partial charge in [-0.3, -0.25) is 13.9 Å². The van der Waals surface area contributed by atoms with Crippen molar-refractivity contribution in [3.63, 3.8) is 0 Å². The van der Waals surface area contributed by atoms with Gasteiger partial charge in [-0.15, -0.1) is 0 Å². The van der Waals surface area contributed by atoms with E-state index in [1.807, 2.05) is 64.1 Å². The largest absolute Gasteiger partial charge is 0.352 e. The highest BCUT2D eigenvalue weighted by molar-refractivity contribution is 7.92. The van der Waals surface area contributed by atoms with E-state index < -0.39 is 40.2 Å². The quantitative estimate of drug-likeness (QED) is 0.218. The van der Waals surface area contributed by atoms with E-state index in [9.17, 15) is 22.4 Å². The maximum Gasteiger partial charge on any atom is 0.264 e. The molecule has 0 saturated heterocycles. The van der Waals surface area contributed by atoms with Crippen molar-refractivity contribution >= 4 is 27.5 Å². The smallest absolute Gasteiger partial charge is 0.264 e. The molecule has 4 aromatic carbocycles. The third-order valence-corrected chi connectivity index (χ3v) is 8.97. The average Bonchev–Trinajstić information content (AvgIpc) is 2.98. The molecule has 0 aliphatic rings. The van der Waals surface area contributed by atoms with Gasteiger partial charge in [0.15, 0.2) is 0 Å². The Morgan fingerprint density at radius 2 is 1.48 bits per heavy atom. The highest BCUT2D eigenvalue weighted by Gasteiger charge is 2.35. The van der Waals surface area contributed by atoms with Gasteiger partial charge in [0.1, 0.15) is 18.4 Å². The fraction of sp³-hybridized carbons (Fsp3) is 0.257. The van der Waals surface area contributed by atoms with Gasteiger partial charge in [-0.25, -0.2) is 12.8 Å². The summed E-state index contributed by atoms with van der Waals surface area (Å²) in [5.41, 5.74) is 3.00. The van der Waals surface area contributed by atoms with E-state index in [0.29, 0.717) is 5.69 Å². The van der Waals surface area contributed by atoms with E-state index in [-0.39, 0.29) is 29.5 Å². The molecule has 0 fully saturated rings. The second kappa shape index (κ2) is 14.3. The Morgan fingerprint density at radius 1 is 0.818 bits per heavy atom. The standard InChI is InChI=1S/C35H38FN3O4S/c1-25(2)37-35(41)33(22-28-12-6-5-7-13-28)38(23-29-14-8-9-16-32(29)36)34(40)24-39(30-15-10-11-27(4)21-30)44(42,43)31-19-17-26(3)18-20-31/h5-21,25,33H,22-24H2,1-4H3,(H,37,41)/t33-/m1/s1. The van der Waals surface area contributed by atoms with Gasteiger partial charge in [-0.05, 0) is 69.2 Å². The van der Waals surface area contributed by atoms with E-state index in [4.69, 9.17) is 0 Å². The summed E-state index contributed by atoms with van der Waals surface area (Å²) in [4.78, 5) is 29.4. The summed E-state index contributed by atoms with van der Waals surface area (Å²) in [6, 6.07) is 27.3. The molecule has 0 radical (unpaired) electrons. The fourth-order valence-electron chi connectivity index (χ4n) is 4.89. The van der Waals surface area contributed by atoms with Crippen LogP contribution in [0, 0.1) is 19.7 Å². The first kappa shape index (κ1) is 32.4. The second-order valence-electron chi connectivity index (χ2n) is 11.1. The van der Waals surface area contributed by atoms with Crippen LogP contribution in [-0.4, -0.2) is 43.8 Å². The van der Waals surface area contributed by atoms with Crippen molar-refractivity contribution in [1.29, 1.82) is 0 Å². The second-order valence-corrected chi connectivity index (χ2v) is 13.0. The maximum absolute atomic E-state index is 15.0. The van der Waals surface area contributed by atoms with Crippen molar-refractivity contribution < 1.29 is 22.4 Å². The molecule has 0 unspecified atom stereocenters. The fourth-order valence-corrected chi connectivity index (χ4v) is 6.30. The lowest BCUT2D eigenvalue weighted by atomic mass is 10.0. The van der Waals surface area contributed by atoms with Crippen LogP contribution in [0.15, 0.2) is 108 Å². The SMILES string of the molecule is Cc1ccc(S(=O)(=O)N(CC(=O)N(Cc2ccccc2F)[C@H](Cc2ccccc2)C(=O)NC(C)C)c2cccc(C)c2)cc1. The molecular formula is C35H38FN3O4S. The molecule has 230 valence electrons. The summed E-state index contributed by atoms with van der Waals surface area (Å²) in [5, 5.41) is 2.89. The number of carbonyl (C=O) groups excluding carboxylic acids is 2. The molecule has 0 aliphatic carbocycles. The number of hydrogen-bond acceptors (Lipinski definition) is 4. The molecule has 0 aromatic heterocycles. The Balaban J connectivity index is 1.82. The molecule has 0 bridgehead atoms. The number of nitrogens with one attached hydrogen (secondary N) is 1. The maximum atomic E-state index is 15.0. The first-order chi connectivity index (χ1) is 21.0. The van der Waals surface area contributed by atoms with E-state index in [0.717, 1.165) is 21.0 Å². The minimum absolute atomic E-state index is 0.0245. The molecule has 4 aromatic rings. The summed E-state index contributed by atoms with van der Waals surface area (Å²) in [6.45, 7) is 6.48. The highest BCUT2D eigenvalue weighted by atomic mass is 32.2. The minimum atomic E-state index is -4.21. The topological polar surface area (TPSA) is 86.8 Å². The molecule has 2 amide bonds. The summed E-state index contributed by atoms with van der Waals surface area (Å²) in [5.74, 6) is -1.60. The van der Waals surface area contributed by atoms with Crippen molar-refractivity contribution in [2.45, 2.75) is 57.6 Å². The first-order valence-corrected chi connectivity index (χ1v) is 15.9. The van der Waals surface area contributed by atoms with Gasteiger partial charge in [0.2, 0.25) is 11.8 Å². The monoisotopic (exact) mass is 615 g/mol. The third kappa shape index (κ3) is 8.11. The van der Waals surface area contributed by atoms with Gasteiger partial charge < -0.3 is 10.2 Å². The van der Waals surface area contributed by atoms with Crippen molar-refractivity contribution in [1.82, 2.24) is 10.2 Å². The molecule has 0 aliphatic heterocycles. The lowest BCUT2D eigenvalue weighted by Gasteiger charge is -2.34. The van der Waals surface area contributed by atoms with E-state index in [1.165, 1.54) is 23.1 Å². The van der Waals surface area contributed by atoms with Crippen LogP contribution in [0.3, 0.4) is 0 Å². The zero-order valence-corrected chi connectivity index (χ0v) is 26.2. The molecule has 0 saturated carbocycles.